The van der Waals surface area contributed by atoms with Crippen molar-refractivity contribution >= 4 is 30.6 Å². The van der Waals surface area contributed by atoms with E-state index in [1.807, 2.05) is 12.3 Å². The highest BCUT2D eigenvalue weighted by molar-refractivity contribution is 5.85. The lowest BCUT2D eigenvalue weighted by Gasteiger charge is -2.24. The second kappa shape index (κ2) is 9.23. The first-order chi connectivity index (χ1) is 8.31. The molecule has 1 aromatic rings. The Bertz CT molecular complexity index is 371. The summed E-state index contributed by atoms with van der Waals surface area (Å²) >= 11 is 0. The normalized spacial score (nSPS) is 15.2. The van der Waals surface area contributed by atoms with E-state index >= 15 is 0 Å². The summed E-state index contributed by atoms with van der Waals surface area (Å²) in [5.41, 5.74) is 6.94. The molecule has 1 aromatic heterocycles. The van der Waals surface area contributed by atoms with E-state index in [0.717, 1.165) is 44.7 Å². The van der Waals surface area contributed by atoms with Gasteiger partial charge in [-0.25, -0.2) is 4.98 Å². The SMILES string of the molecule is CCCOc1cc(N)ncc1C1CCNCC1.Cl.Cl. The van der Waals surface area contributed by atoms with Crippen LogP contribution in [0.5, 0.6) is 5.75 Å². The van der Waals surface area contributed by atoms with E-state index in [2.05, 4.69) is 17.2 Å². The smallest absolute Gasteiger partial charge is 0.127 e. The molecule has 0 unspecified atom stereocenters. The molecule has 0 aromatic carbocycles. The van der Waals surface area contributed by atoms with E-state index in [0.29, 0.717) is 11.7 Å². The number of hydrogen-bond donors (Lipinski definition) is 2. The van der Waals surface area contributed by atoms with Gasteiger partial charge in [-0.3, -0.25) is 0 Å². The zero-order chi connectivity index (χ0) is 12.1. The summed E-state index contributed by atoms with van der Waals surface area (Å²) in [5, 5.41) is 3.37. The summed E-state index contributed by atoms with van der Waals surface area (Å²) < 4.78 is 5.78. The predicted molar refractivity (Wildman–Crippen MR) is 83.8 cm³/mol. The average molecular weight is 308 g/mol. The maximum atomic E-state index is 5.78. The van der Waals surface area contributed by atoms with Crippen molar-refractivity contribution in [2.75, 3.05) is 25.4 Å². The molecule has 1 fully saturated rings. The third kappa shape index (κ3) is 5.05. The van der Waals surface area contributed by atoms with E-state index in [1.54, 1.807) is 0 Å². The first-order valence-corrected chi connectivity index (χ1v) is 6.40. The third-order valence-electron chi connectivity index (χ3n) is 3.16. The molecule has 0 radical (unpaired) electrons. The fourth-order valence-electron chi connectivity index (χ4n) is 2.24. The molecule has 0 atom stereocenters. The van der Waals surface area contributed by atoms with Crippen LogP contribution in [0.25, 0.3) is 0 Å². The number of nitrogens with two attached hydrogens (primary N) is 1. The molecule has 1 aliphatic rings. The molecule has 1 aliphatic heterocycles. The van der Waals surface area contributed by atoms with Crippen LogP contribution in [-0.2, 0) is 0 Å². The van der Waals surface area contributed by atoms with Crippen LogP contribution in [0.15, 0.2) is 12.3 Å². The monoisotopic (exact) mass is 307 g/mol. The van der Waals surface area contributed by atoms with Gasteiger partial charge in [-0.1, -0.05) is 6.92 Å². The predicted octanol–water partition coefficient (Wildman–Crippen LogP) is 2.76. The second-order valence-corrected chi connectivity index (χ2v) is 4.52. The summed E-state index contributed by atoms with van der Waals surface area (Å²) in [5.74, 6) is 2.01. The number of hydrogen-bond acceptors (Lipinski definition) is 4. The molecule has 0 bridgehead atoms. The molecule has 4 nitrogen and oxygen atoms in total. The van der Waals surface area contributed by atoms with Gasteiger partial charge >= 0.3 is 0 Å². The lowest BCUT2D eigenvalue weighted by molar-refractivity contribution is 0.308. The number of ether oxygens (including phenoxy) is 1. The Hall–Kier alpha value is -0.710. The van der Waals surface area contributed by atoms with E-state index in [-0.39, 0.29) is 24.8 Å². The number of nitrogens with one attached hydrogen (secondary N) is 1. The average Bonchev–Trinajstić information content (AvgIpc) is 2.37. The topological polar surface area (TPSA) is 60.2 Å². The lowest BCUT2D eigenvalue weighted by atomic mass is 9.91. The molecule has 0 spiro atoms. The highest BCUT2D eigenvalue weighted by Crippen LogP contribution is 2.33. The van der Waals surface area contributed by atoms with Crippen LogP contribution in [0.3, 0.4) is 0 Å². The Morgan fingerprint density at radius 1 is 1.37 bits per heavy atom. The van der Waals surface area contributed by atoms with Crippen molar-refractivity contribution in [3.8, 4) is 5.75 Å². The van der Waals surface area contributed by atoms with Crippen LogP contribution < -0.4 is 15.8 Å². The van der Waals surface area contributed by atoms with Crippen molar-refractivity contribution in [1.29, 1.82) is 0 Å². The van der Waals surface area contributed by atoms with Crippen LogP contribution in [0.2, 0.25) is 0 Å². The van der Waals surface area contributed by atoms with Gasteiger partial charge < -0.3 is 15.8 Å². The molecule has 0 amide bonds. The van der Waals surface area contributed by atoms with Crippen molar-refractivity contribution in [3.63, 3.8) is 0 Å². The van der Waals surface area contributed by atoms with Crippen molar-refractivity contribution in [3.05, 3.63) is 17.8 Å². The first-order valence-electron chi connectivity index (χ1n) is 6.40. The number of anilines is 1. The summed E-state index contributed by atoms with van der Waals surface area (Å²) in [6.45, 7) is 4.99. The number of aromatic nitrogens is 1. The largest absolute Gasteiger partial charge is 0.493 e. The number of piperidine rings is 1. The Kier molecular flexibility index (Phi) is 8.89. The Balaban J connectivity index is 0.00000162. The van der Waals surface area contributed by atoms with Crippen LogP contribution in [0.1, 0.15) is 37.7 Å². The summed E-state index contributed by atoms with van der Waals surface area (Å²) in [4.78, 5) is 4.20. The molecule has 0 saturated carbocycles. The zero-order valence-electron chi connectivity index (χ0n) is 11.2. The van der Waals surface area contributed by atoms with Gasteiger partial charge in [-0.2, -0.15) is 0 Å². The summed E-state index contributed by atoms with van der Waals surface area (Å²) in [6, 6.07) is 1.85. The number of halogens is 2. The Labute approximate surface area is 127 Å². The number of rotatable bonds is 4. The van der Waals surface area contributed by atoms with Crippen LogP contribution >= 0.6 is 24.8 Å². The molecule has 1 saturated heterocycles. The van der Waals surface area contributed by atoms with E-state index in [9.17, 15) is 0 Å². The minimum Gasteiger partial charge on any atom is -0.493 e. The number of pyridine rings is 1. The van der Waals surface area contributed by atoms with Gasteiger partial charge in [0, 0.05) is 17.8 Å². The van der Waals surface area contributed by atoms with E-state index in [1.165, 1.54) is 5.56 Å². The minimum atomic E-state index is 0. The van der Waals surface area contributed by atoms with Crippen molar-refractivity contribution in [1.82, 2.24) is 10.3 Å². The van der Waals surface area contributed by atoms with E-state index < -0.39 is 0 Å². The van der Waals surface area contributed by atoms with Gasteiger partial charge in [0.05, 0.1) is 6.61 Å². The molecule has 6 heteroatoms. The maximum absolute atomic E-state index is 5.78. The Morgan fingerprint density at radius 3 is 2.68 bits per heavy atom. The first kappa shape index (κ1) is 18.3. The number of nitrogen functional groups attached to an aromatic ring is 1. The fraction of sp³-hybridized carbons (Fsp3) is 0.615. The van der Waals surface area contributed by atoms with Gasteiger partial charge in [0.25, 0.3) is 0 Å². The van der Waals surface area contributed by atoms with Crippen molar-refractivity contribution in [2.24, 2.45) is 0 Å². The molecule has 0 aliphatic carbocycles. The minimum absolute atomic E-state index is 0. The van der Waals surface area contributed by atoms with Gasteiger partial charge in [-0.15, -0.1) is 24.8 Å². The summed E-state index contributed by atoms with van der Waals surface area (Å²) in [7, 11) is 0. The molecule has 2 heterocycles. The number of nitrogens with zero attached hydrogens (tertiary/aromatic N) is 1. The molecule has 19 heavy (non-hydrogen) atoms. The van der Waals surface area contributed by atoms with Crippen molar-refractivity contribution in [2.45, 2.75) is 32.1 Å². The summed E-state index contributed by atoms with van der Waals surface area (Å²) in [6.07, 6.45) is 5.19. The Morgan fingerprint density at radius 2 is 2.05 bits per heavy atom. The van der Waals surface area contributed by atoms with Gasteiger partial charge in [0.1, 0.15) is 11.6 Å². The molecule has 110 valence electrons. The molecular formula is C13H23Cl2N3O. The molecular weight excluding hydrogens is 285 g/mol. The zero-order valence-corrected chi connectivity index (χ0v) is 12.9. The van der Waals surface area contributed by atoms with Crippen molar-refractivity contribution < 1.29 is 4.74 Å². The highest BCUT2D eigenvalue weighted by Gasteiger charge is 2.19. The lowest BCUT2D eigenvalue weighted by Crippen LogP contribution is -2.27. The quantitative estimate of drug-likeness (QED) is 0.898. The van der Waals surface area contributed by atoms with Crippen LogP contribution in [0.4, 0.5) is 5.82 Å². The third-order valence-corrected chi connectivity index (χ3v) is 3.16. The van der Waals surface area contributed by atoms with Gasteiger partial charge in [-0.05, 0) is 38.3 Å². The van der Waals surface area contributed by atoms with Crippen LogP contribution in [-0.4, -0.2) is 24.7 Å². The van der Waals surface area contributed by atoms with Gasteiger partial charge in [0.15, 0.2) is 0 Å². The van der Waals surface area contributed by atoms with Crippen LogP contribution in [0, 0.1) is 0 Å². The molecule has 2 rings (SSSR count). The maximum Gasteiger partial charge on any atom is 0.127 e. The highest BCUT2D eigenvalue weighted by atomic mass is 35.5. The fourth-order valence-corrected chi connectivity index (χ4v) is 2.24. The van der Waals surface area contributed by atoms with Gasteiger partial charge in [0.2, 0.25) is 0 Å². The standard InChI is InChI=1S/C13H21N3O.2ClH/c1-2-7-17-12-8-13(14)16-9-11(12)10-3-5-15-6-4-10;;/h8-10,15H,2-7H2,1H3,(H2,14,16);2*1H. The second-order valence-electron chi connectivity index (χ2n) is 4.52. The molecule has 3 N–H and O–H groups in total. The van der Waals surface area contributed by atoms with E-state index in [4.69, 9.17) is 10.5 Å².